The number of ether oxygens (including phenoxy) is 2. The molecule has 1 aromatic carbocycles. The van der Waals surface area contributed by atoms with E-state index in [1.165, 1.54) is 11.1 Å². The third kappa shape index (κ3) is 8.73. The van der Waals surface area contributed by atoms with Crippen molar-refractivity contribution in [3.8, 4) is 0 Å². The molecule has 0 unspecified atom stereocenters. The molecule has 1 saturated heterocycles. The number of hydrogen-bond acceptors (Lipinski definition) is 4. The van der Waals surface area contributed by atoms with Gasteiger partial charge < -0.3 is 20.1 Å². The Morgan fingerprint density at radius 2 is 1.89 bits per heavy atom. The van der Waals surface area contributed by atoms with Gasteiger partial charge in [0.15, 0.2) is 5.96 Å². The van der Waals surface area contributed by atoms with E-state index in [0.29, 0.717) is 12.5 Å². The molecular weight excluding hydrogens is 340 g/mol. The third-order valence-electron chi connectivity index (χ3n) is 4.66. The highest BCUT2D eigenvalue weighted by Crippen LogP contribution is 2.13. The van der Waals surface area contributed by atoms with Gasteiger partial charge in [0.25, 0.3) is 0 Å². The first-order chi connectivity index (χ1) is 13.2. The number of morpholine rings is 1. The van der Waals surface area contributed by atoms with E-state index in [0.717, 1.165) is 64.9 Å². The molecule has 0 aliphatic carbocycles. The van der Waals surface area contributed by atoms with Gasteiger partial charge >= 0.3 is 0 Å². The average molecular weight is 377 g/mol. The molecule has 2 rings (SSSR count). The van der Waals surface area contributed by atoms with Crippen LogP contribution in [-0.4, -0.2) is 64.0 Å². The predicted molar refractivity (Wildman–Crippen MR) is 111 cm³/mol. The number of hydrogen-bond donors (Lipinski definition) is 2. The fraction of sp³-hybridized carbons (Fsp3) is 0.667. The molecule has 1 aliphatic heterocycles. The van der Waals surface area contributed by atoms with Crippen molar-refractivity contribution >= 4 is 5.96 Å². The van der Waals surface area contributed by atoms with Crippen molar-refractivity contribution in [3.63, 3.8) is 0 Å². The topological polar surface area (TPSA) is 58.1 Å². The number of aliphatic imine (C=N–C) groups is 1. The molecule has 0 amide bonds. The summed E-state index contributed by atoms with van der Waals surface area (Å²) in [6.07, 6.45) is 1.10. The van der Waals surface area contributed by atoms with Gasteiger partial charge in [0.1, 0.15) is 0 Å². The first-order valence-electron chi connectivity index (χ1n) is 10.1. The summed E-state index contributed by atoms with van der Waals surface area (Å²) in [7, 11) is 1.80. The number of nitrogens with one attached hydrogen (secondary N) is 2. The van der Waals surface area contributed by atoms with Crippen molar-refractivity contribution in [1.29, 1.82) is 0 Å². The Morgan fingerprint density at radius 1 is 1.15 bits per heavy atom. The standard InChI is InChI=1S/C21H36N4O2/c1-18(2)8-12-26-13-9-23-21(22-3)24-16-19-6-4-5-7-20(19)17-25-10-14-27-15-11-25/h4-7,18H,8-17H2,1-3H3,(H2,22,23,24). The minimum absolute atomic E-state index is 0.685. The molecular formula is C21H36N4O2. The normalized spacial score (nSPS) is 15.9. The first kappa shape index (κ1) is 21.7. The van der Waals surface area contributed by atoms with Gasteiger partial charge in [-0.2, -0.15) is 0 Å². The molecule has 0 saturated carbocycles. The molecule has 27 heavy (non-hydrogen) atoms. The van der Waals surface area contributed by atoms with Gasteiger partial charge in [0, 0.05) is 46.4 Å². The Balaban J connectivity index is 1.73. The molecule has 152 valence electrons. The second kappa shape index (κ2) is 12.7. The van der Waals surface area contributed by atoms with E-state index < -0.39 is 0 Å². The van der Waals surface area contributed by atoms with Crippen LogP contribution in [0.4, 0.5) is 0 Å². The lowest BCUT2D eigenvalue weighted by molar-refractivity contribution is 0.0341. The lowest BCUT2D eigenvalue weighted by Gasteiger charge is -2.27. The molecule has 0 aromatic heterocycles. The van der Waals surface area contributed by atoms with Crippen LogP contribution in [0.3, 0.4) is 0 Å². The van der Waals surface area contributed by atoms with Crippen LogP contribution < -0.4 is 10.6 Å². The van der Waals surface area contributed by atoms with Crippen LogP contribution in [0, 0.1) is 5.92 Å². The SMILES string of the molecule is CN=C(NCCOCCC(C)C)NCc1ccccc1CN1CCOCC1. The zero-order valence-corrected chi connectivity index (χ0v) is 17.2. The van der Waals surface area contributed by atoms with Crippen LogP contribution in [0.1, 0.15) is 31.4 Å². The first-order valence-corrected chi connectivity index (χ1v) is 10.1. The monoisotopic (exact) mass is 376 g/mol. The Morgan fingerprint density at radius 3 is 2.59 bits per heavy atom. The zero-order valence-electron chi connectivity index (χ0n) is 17.2. The average Bonchev–Trinajstić information content (AvgIpc) is 2.68. The molecule has 1 aromatic rings. The molecule has 1 fully saturated rings. The fourth-order valence-corrected chi connectivity index (χ4v) is 2.95. The Hall–Kier alpha value is -1.63. The van der Waals surface area contributed by atoms with Crippen LogP contribution in [0.5, 0.6) is 0 Å². The van der Waals surface area contributed by atoms with Gasteiger partial charge in [-0.1, -0.05) is 38.1 Å². The van der Waals surface area contributed by atoms with Crippen molar-refractivity contribution < 1.29 is 9.47 Å². The van der Waals surface area contributed by atoms with Crippen molar-refractivity contribution in [1.82, 2.24) is 15.5 Å². The number of nitrogens with zero attached hydrogens (tertiary/aromatic N) is 2. The predicted octanol–water partition coefficient (Wildman–Crippen LogP) is 2.25. The Bertz CT molecular complexity index is 557. The lowest BCUT2D eigenvalue weighted by Crippen LogP contribution is -2.39. The summed E-state index contributed by atoms with van der Waals surface area (Å²) in [5, 5.41) is 6.73. The van der Waals surface area contributed by atoms with Gasteiger partial charge in [0.05, 0.1) is 19.8 Å². The van der Waals surface area contributed by atoms with Crippen molar-refractivity contribution in [2.24, 2.45) is 10.9 Å². The zero-order chi connectivity index (χ0) is 19.3. The van der Waals surface area contributed by atoms with Gasteiger partial charge in [-0.3, -0.25) is 9.89 Å². The van der Waals surface area contributed by atoms with Gasteiger partial charge in [-0.25, -0.2) is 0 Å². The van der Waals surface area contributed by atoms with Crippen LogP contribution in [0.2, 0.25) is 0 Å². The quantitative estimate of drug-likeness (QED) is 0.373. The molecule has 1 heterocycles. The van der Waals surface area contributed by atoms with Crippen LogP contribution in [0.25, 0.3) is 0 Å². The number of benzene rings is 1. The summed E-state index contributed by atoms with van der Waals surface area (Å²) < 4.78 is 11.1. The van der Waals surface area contributed by atoms with Crippen molar-refractivity contribution in [3.05, 3.63) is 35.4 Å². The minimum Gasteiger partial charge on any atom is -0.380 e. The summed E-state index contributed by atoms with van der Waals surface area (Å²) in [4.78, 5) is 6.75. The molecule has 6 nitrogen and oxygen atoms in total. The van der Waals surface area contributed by atoms with Crippen LogP contribution in [-0.2, 0) is 22.6 Å². The van der Waals surface area contributed by atoms with E-state index in [1.54, 1.807) is 7.05 Å². The maximum atomic E-state index is 5.64. The fourth-order valence-electron chi connectivity index (χ4n) is 2.95. The molecule has 0 spiro atoms. The van der Waals surface area contributed by atoms with E-state index >= 15 is 0 Å². The van der Waals surface area contributed by atoms with Crippen molar-refractivity contribution in [2.75, 3.05) is 53.1 Å². The second-order valence-corrected chi connectivity index (χ2v) is 7.30. The van der Waals surface area contributed by atoms with Crippen LogP contribution in [0.15, 0.2) is 29.3 Å². The molecule has 1 aliphatic rings. The highest BCUT2D eigenvalue weighted by Gasteiger charge is 2.12. The highest BCUT2D eigenvalue weighted by atomic mass is 16.5. The third-order valence-corrected chi connectivity index (χ3v) is 4.66. The Labute approximate surface area is 164 Å². The maximum Gasteiger partial charge on any atom is 0.191 e. The molecule has 0 radical (unpaired) electrons. The molecule has 0 atom stereocenters. The van der Waals surface area contributed by atoms with E-state index in [2.05, 4.69) is 58.6 Å². The smallest absolute Gasteiger partial charge is 0.191 e. The second-order valence-electron chi connectivity index (χ2n) is 7.30. The van der Waals surface area contributed by atoms with E-state index in [1.807, 2.05) is 0 Å². The summed E-state index contributed by atoms with van der Waals surface area (Å²) in [5.74, 6) is 1.49. The summed E-state index contributed by atoms with van der Waals surface area (Å²) in [5.41, 5.74) is 2.67. The van der Waals surface area contributed by atoms with E-state index in [4.69, 9.17) is 9.47 Å². The molecule has 2 N–H and O–H groups in total. The van der Waals surface area contributed by atoms with Gasteiger partial charge in [-0.05, 0) is 23.5 Å². The van der Waals surface area contributed by atoms with Crippen molar-refractivity contribution in [2.45, 2.75) is 33.4 Å². The minimum atomic E-state index is 0.685. The van der Waals surface area contributed by atoms with Gasteiger partial charge in [0.2, 0.25) is 0 Å². The lowest BCUT2D eigenvalue weighted by atomic mass is 10.1. The highest BCUT2D eigenvalue weighted by molar-refractivity contribution is 5.79. The number of guanidine groups is 1. The Kier molecular flexibility index (Phi) is 10.2. The van der Waals surface area contributed by atoms with E-state index in [9.17, 15) is 0 Å². The summed E-state index contributed by atoms with van der Waals surface area (Å²) in [6, 6.07) is 8.61. The van der Waals surface area contributed by atoms with Gasteiger partial charge in [-0.15, -0.1) is 0 Å². The summed E-state index contributed by atoms with van der Waals surface area (Å²) in [6.45, 7) is 12.1. The number of rotatable bonds is 10. The molecule has 0 bridgehead atoms. The maximum absolute atomic E-state index is 5.64. The van der Waals surface area contributed by atoms with Crippen LogP contribution >= 0.6 is 0 Å². The molecule has 6 heteroatoms. The summed E-state index contributed by atoms with van der Waals surface area (Å²) >= 11 is 0. The largest absolute Gasteiger partial charge is 0.380 e. The van der Waals surface area contributed by atoms with E-state index in [-0.39, 0.29) is 0 Å².